The lowest BCUT2D eigenvalue weighted by Gasteiger charge is -2.04. The Labute approximate surface area is 85.9 Å². The molecule has 84 valence electrons. The van der Waals surface area contributed by atoms with Gasteiger partial charge in [0.05, 0.1) is 0 Å². The van der Waals surface area contributed by atoms with E-state index in [1.165, 1.54) is 0 Å². The summed E-state index contributed by atoms with van der Waals surface area (Å²) in [6.45, 7) is 0. The van der Waals surface area contributed by atoms with Crippen molar-refractivity contribution in [3.63, 3.8) is 0 Å². The van der Waals surface area contributed by atoms with Crippen LogP contribution in [0.3, 0.4) is 0 Å². The van der Waals surface area contributed by atoms with Gasteiger partial charge in [0.1, 0.15) is 5.69 Å². The third-order valence-corrected chi connectivity index (χ3v) is 1.77. The number of pyridine rings is 1. The van der Waals surface area contributed by atoms with Gasteiger partial charge in [0.25, 0.3) is 0 Å². The Hall–Kier alpha value is -2.12. The van der Waals surface area contributed by atoms with Crippen LogP contribution in [0.4, 0.5) is 13.2 Å². The lowest BCUT2D eigenvalue weighted by Crippen LogP contribution is -2.07. The van der Waals surface area contributed by atoms with Crippen LogP contribution in [-0.2, 0) is 6.18 Å². The maximum Gasteiger partial charge on any atom is 0.439 e. The first kappa shape index (κ1) is 10.4. The van der Waals surface area contributed by atoms with Gasteiger partial charge in [0, 0.05) is 11.8 Å². The van der Waals surface area contributed by atoms with Crippen molar-refractivity contribution in [1.29, 1.82) is 0 Å². The van der Waals surface area contributed by atoms with Crippen LogP contribution < -0.4 is 5.76 Å². The second-order valence-corrected chi connectivity index (χ2v) is 2.87. The summed E-state index contributed by atoms with van der Waals surface area (Å²) in [5, 5.41) is 3.31. The standard InChI is InChI=1S/C8H4F3N3O2/c9-8(10,11)5-2-1-4(3-12-5)6-13-7(15)16-14-6/h1-3H,(H,13,14,15). The smallest absolute Gasteiger partial charge is 0.296 e. The van der Waals surface area contributed by atoms with Gasteiger partial charge in [-0.3, -0.25) is 14.5 Å². The summed E-state index contributed by atoms with van der Waals surface area (Å²) in [5.74, 6) is -0.749. The predicted octanol–water partition coefficient (Wildman–Crippen LogP) is 1.44. The number of H-pyrrole nitrogens is 1. The number of halogens is 3. The van der Waals surface area contributed by atoms with E-state index in [-0.39, 0.29) is 11.4 Å². The highest BCUT2D eigenvalue weighted by molar-refractivity contribution is 5.52. The van der Waals surface area contributed by atoms with Crippen LogP contribution >= 0.6 is 0 Å². The van der Waals surface area contributed by atoms with E-state index in [1.807, 2.05) is 0 Å². The fourth-order valence-corrected chi connectivity index (χ4v) is 1.06. The maximum absolute atomic E-state index is 12.2. The first-order valence-corrected chi connectivity index (χ1v) is 4.06. The van der Waals surface area contributed by atoms with Crippen molar-refractivity contribution in [3.05, 3.63) is 34.6 Å². The normalized spacial score (nSPS) is 11.7. The summed E-state index contributed by atoms with van der Waals surface area (Å²) in [6.07, 6.45) is -3.54. The summed E-state index contributed by atoms with van der Waals surface area (Å²) in [6, 6.07) is 1.94. The van der Waals surface area contributed by atoms with Crippen LogP contribution in [0.15, 0.2) is 27.6 Å². The second kappa shape index (κ2) is 3.47. The summed E-state index contributed by atoms with van der Waals surface area (Å²) in [4.78, 5) is 16.0. The van der Waals surface area contributed by atoms with Crippen LogP contribution in [0.25, 0.3) is 11.4 Å². The van der Waals surface area contributed by atoms with Gasteiger partial charge in [-0.15, -0.1) is 0 Å². The Morgan fingerprint density at radius 3 is 2.50 bits per heavy atom. The number of hydrogen-bond acceptors (Lipinski definition) is 4. The molecule has 0 spiro atoms. The van der Waals surface area contributed by atoms with Gasteiger partial charge in [-0.2, -0.15) is 13.2 Å². The average molecular weight is 231 g/mol. The Kier molecular flexibility index (Phi) is 2.26. The van der Waals surface area contributed by atoms with Gasteiger partial charge in [-0.1, -0.05) is 5.16 Å². The summed E-state index contributed by atoms with van der Waals surface area (Å²) >= 11 is 0. The molecule has 5 nitrogen and oxygen atoms in total. The molecule has 2 heterocycles. The van der Waals surface area contributed by atoms with Crippen LogP contribution in [-0.4, -0.2) is 15.1 Å². The van der Waals surface area contributed by atoms with E-state index in [2.05, 4.69) is 19.6 Å². The number of hydrogen-bond donors (Lipinski definition) is 1. The molecule has 0 aromatic carbocycles. The highest BCUT2D eigenvalue weighted by atomic mass is 19.4. The predicted molar refractivity (Wildman–Crippen MR) is 45.4 cm³/mol. The number of aromatic nitrogens is 3. The van der Waals surface area contributed by atoms with Crippen molar-refractivity contribution in [2.45, 2.75) is 6.18 Å². The quantitative estimate of drug-likeness (QED) is 0.806. The average Bonchev–Trinajstić information content (AvgIpc) is 2.64. The van der Waals surface area contributed by atoms with Crippen LogP contribution in [0.2, 0.25) is 0 Å². The molecule has 2 aromatic heterocycles. The second-order valence-electron chi connectivity index (χ2n) is 2.87. The molecule has 2 aromatic rings. The van der Waals surface area contributed by atoms with Crippen molar-refractivity contribution in [3.8, 4) is 11.4 Å². The Bertz CT molecular complexity index is 541. The molecule has 0 bridgehead atoms. The lowest BCUT2D eigenvalue weighted by atomic mass is 10.2. The van der Waals surface area contributed by atoms with Gasteiger partial charge in [-0.05, 0) is 12.1 Å². The zero-order valence-electron chi connectivity index (χ0n) is 7.58. The van der Waals surface area contributed by atoms with Gasteiger partial charge in [0.15, 0.2) is 5.82 Å². The summed E-state index contributed by atoms with van der Waals surface area (Å²) in [7, 11) is 0. The molecule has 0 unspecified atom stereocenters. The molecule has 16 heavy (non-hydrogen) atoms. The highest BCUT2D eigenvalue weighted by Crippen LogP contribution is 2.28. The molecular weight excluding hydrogens is 227 g/mol. The van der Waals surface area contributed by atoms with Gasteiger partial charge in [0.2, 0.25) is 0 Å². The minimum atomic E-state index is -4.49. The van der Waals surface area contributed by atoms with E-state index in [4.69, 9.17) is 0 Å². The fraction of sp³-hybridized carbons (Fsp3) is 0.125. The van der Waals surface area contributed by atoms with Gasteiger partial charge < -0.3 is 0 Å². The largest absolute Gasteiger partial charge is 0.439 e. The Morgan fingerprint density at radius 1 is 1.31 bits per heavy atom. The topological polar surface area (TPSA) is 71.8 Å². The van der Waals surface area contributed by atoms with Crippen molar-refractivity contribution >= 4 is 0 Å². The van der Waals surface area contributed by atoms with Gasteiger partial charge in [-0.25, -0.2) is 4.79 Å². The van der Waals surface area contributed by atoms with E-state index in [9.17, 15) is 18.0 Å². The molecular formula is C8H4F3N3O2. The minimum Gasteiger partial charge on any atom is -0.296 e. The first-order chi connectivity index (χ1) is 7.47. The molecule has 0 atom stereocenters. The summed E-state index contributed by atoms with van der Waals surface area (Å²) < 4.78 is 40.7. The molecule has 0 saturated carbocycles. The fourth-order valence-electron chi connectivity index (χ4n) is 1.06. The Balaban J connectivity index is 2.36. The molecule has 1 N–H and O–H groups in total. The van der Waals surface area contributed by atoms with E-state index < -0.39 is 17.6 Å². The molecule has 2 rings (SSSR count). The first-order valence-electron chi connectivity index (χ1n) is 4.06. The van der Waals surface area contributed by atoms with Crippen molar-refractivity contribution in [2.75, 3.05) is 0 Å². The Morgan fingerprint density at radius 2 is 2.06 bits per heavy atom. The van der Waals surface area contributed by atoms with E-state index >= 15 is 0 Å². The molecule has 0 amide bonds. The molecule has 0 aliphatic rings. The highest BCUT2D eigenvalue weighted by Gasteiger charge is 2.32. The number of aromatic amines is 1. The zero-order chi connectivity index (χ0) is 11.8. The number of nitrogens with one attached hydrogen (secondary N) is 1. The van der Waals surface area contributed by atoms with Crippen molar-refractivity contribution < 1.29 is 17.7 Å². The number of alkyl halides is 3. The SMILES string of the molecule is O=c1[nH]c(-c2ccc(C(F)(F)F)nc2)no1. The molecule has 8 heteroatoms. The molecule has 0 aliphatic carbocycles. The van der Waals surface area contributed by atoms with Crippen molar-refractivity contribution in [2.24, 2.45) is 0 Å². The van der Waals surface area contributed by atoms with Crippen molar-refractivity contribution in [1.82, 2.24) is 15.1 Å². The van der Waals surface area contributed by atoms with E-state index in [0.717, 1.165) is 18.3 Å². The minimum absolute atomic E-state index is 0.0335. The number of nitrogens with zero attached hydrogens (tertiary/aromatic N) is 2. The lowest BCUT2D eigenvalue weighted by molar-refractivity contribution is -0.141. The third kappa shape index (κ3) is 1.95. The van der Waals surface area contributed by atoms with E-state index in [1.54, 1.807) is 0 Å². The van der Waals surface area contributed by atoms with Crippen LogP contribution in [0.1, 0.15) is 5.69 Å². The number of rotatable bonds is 1. The monoisotopic (exact) mass is 231 g/mol. The molecule has 0 saturated heterocycles. The molecule has 0 aliphatic heterocycles. The van der Waals surface area contributed by atoms with Gasteiger partial charge >= 0.3 is 11.9 Å². The third-order valence-electron chi connectivity index (χ3n) is 1.77. The van der Waals surface area contributed by atoms with E-state index in [0.29, 0.717) is 0 Å². The van der Waals surface area contributed by atoms with Crippen LogP contribution in [0, 0.1) is 0 Å². The maximum atomic E-state index is 12.2. The zero-order valence-corrected chi connectivity index (χ0v) is 7.58. The molecule has 0 fully saturated rings. The van der Waals surface area contributed by atoms with Crippen LogP contribution in [0.5, 0.6) is 0 Å². The molecule has 0 radical (unpaired) electrons. The summed E-state index contributed by atoms with van der Waals surface area (Å²) in [5.41, 5.74) is -0.777.